The summed E-state index contributed by atoms with van der Waals surface area (Å²) >= 11 is 0. The zero-order valence-corrected chi connectivity index (χ0v) is 18.6. The number of fused-ring (bicyclic) bond motifs is 4. The van der Waals surface area contributed by atoms with Gasteiger partial charge in [-0.15, -0.1) is 0 Å². The summed E-state index contributed by atoms with van der Waals surface area (Å²) in [6, 6.07) is 31.6. The van der Waals surface area contributed by atoms with Crippen LogP contribution in [0.1, 0.15) is 33.7 Å². The van der Waals surface area contributed by atoms with Gasteiger partial charge >= 0.3 is 0 Å². The van der Waals surface area contributed by atoms with E-state index in [1.54, 1.807) is 0 Å². The second kappa shape index (κ2) is 8.01. The molecule has 32 heavy (non-hydrogen) atoms. The molecule has 1 aliphatic rings. The van der Waals surface area contributed by atoms with Crippen molar-refractivity contribution in [2.75, 3.05) is 0 Å². The summed E-state index contributed by atoms with van der Waals surface area (Å²) in [6.45, 7) is 12.9. The zero-order chi connectivity index (χ0) is 22.2. The molecule has 1 aliphatic heterocycles. The molecule has 156 valence electrons. The van der Waals surface area contributed by atoms with Crippen LogP contribution >= 0.6 is 0 Å². The van der Waals surface area contributed by atoms with E-state index in [0.717, 1.165) is 27.5 Å². The maximum absolute atomic E-state index is 6.54. The number of aryl methyl sites for hydroxylation is 2. The Bertz CT molecular complexity index is 1510. The molecule has 1 unspecified atom stereocenters. The van der Waals surface area contributed by atoms with Crippen molar-refractivity contribution in [3.63, 3.8) is 0 Å². The van der Waals surface area contributed by atoms with Crippen LogP contribution in [-0.4, -0.2) is 0 Å². The van der Waals surface area contributed by atoms with Gasteiger partial charge < -0.3 is 4.74 Å². The van der Waals surface area contributed by atoms with Gasteiger partial charge in [-0.1, -0.05) is 97.6 Å². The molecule has 0 fully saturated rings. The fraction of sp³-hybridized carbons (Fsp3) is 0.0968. The van der Waals surface area contributed by atoms with E-state index in [2.05, 4.69) is 87.7 Å². The Balaban J connectivity index is 1.95. The molecule has 4 aromatic rings. The molecular formula is C31H26O. The van der Waals surface area contributed by atoms with Gasteiger partial charge in [0.05, 0.1) is 0 Å². The number of hydrogen-bond acceptors (Lipinski definition) is 1. The number of benzene rings is 3. The first-order valence-corrected chi connectivity index (χ1v) is 10.9. The van der Waals surface area contributed by atoms with Crippen LogP contribution in [0.15, 0.2) is 91.0 Å². The molecule has 0 aliphatic carbocycles. The average molecular weight is 415 g/mol. The van der Waals surface area contributed by atoms with Gasteiger partial charge in [-0.2, -0.15) is 0 Å². The first kappa shape index (κ1) is 20.1. The highest BCUT2D eigenvalue weighted by Crippen LogP contribution is 2.48. The Morgan fingerprint density at radius 1 is 0.688 bits per heavy atom. The van der Waals surface area contributed by atoms with Crippen LogP contribution in [0, 0.1) is 13.8 Å². The fourth-order valence-corrected chi connectivity index (χ4v) is 4.73. The molecule has 1 heterocycles. The van der Waals surface area contributed by atoms with Crippen molar-refractivity contribution in [2.24, 2.45) is 0 Å². The lowest BCUT2D eigenvalue weighted by molar-refractivity contribution is 0.454. The Labute approximate surface area is 189 Å². The standard InChI is InChI=1S/C31H26O/c1-20-9-5-6-10-22(3)29-27(17-14-20)32-28-18-15-24-11-7-8-12-26(24)30(28)31(29)25-16-13-21(2)19-23(25)4/h5-19,31H,1,3H2,2,4H3. The minimum Gasteiger partial charge on any atom is -0.457 e. The van der Waals surface area contributed by atoms with Crippen molar-refractivity contribution in [3.8, 4) is 11.5 Å². The van der Waals surface area contributed by atoms with Crippen molar-refractivity contribution in [1.29, 1.82) is 0 Å². The summed E-state index contributed by atoms with van der Waals surface area (Å²) in [4.78, 5) is 0. The van der Waals surface area contributed by atoms with E-state index < -0.39 is 0 Å². The van der Waals surface area contributed by atoms with E-state index in [1.165, 1.54) is 33.0 Å². The second-order valence-electron chi connectivity index (χ2n) is 8.52. The molecular weight excluding hydrogens is 388 g/mol. The van der Waals surface area contributed by atoms with Crippen LogP contribution in [-0.2, 0) is 0 Å². The SMILES string of the molecule is C=c1ccccc(=C)c2c(cc1)Oc1ccc3ccccc3c1C2c1ccc(C)cc1C. The summed E-state index contributed by atoms with van der Waals surface area (Å²) in [5, 5.41) is 4.29. The smallest absolute Gasteiger partial charge is 0.132 e. The monoisotopic (exact) mass is 414 g/mol. The van der Waals surface area contributed by atoms with Crippen molar-refractivity contribution in [2.45, 2.75) is 19.8 Å². The summed E-state index contributed by atoms with van der Waals surface area (Å²) < 4.78 is 6.54. The molecule has 0 amide bonds. The van der Waals surface area contributed by atoms with Crippen molar-refractivity contribution in [3.05, 3.63) is 129 Å². The molecule has 0 N–H and O–H groups in total. The van der Waals surface area contributed by atoms with Crippen LogP contribution in [0.2, 0.25) is 0 Å². The second-order valence-corrected chi connectivity index (χ2v) is 8.52. The molecule has 0 saturated carbocycles. The van der Waals surface area contributed by atoms with E-state index in [1.807, 2.05) is 30.3 Å². The number of rotatable bonds is 1. The van der Waals surface area contributed by atoms with Crippen molar-refractivity contribution in [1.82, 2.24) is 0 Å². The van der Waals surface area contributed by atoms with Crippen LogP contribution in [0.25, 0.3) is 23.9 Å². The highest BCUT2D eigenvalue weighted by molar-refractivity contribution is 5.90. The molecule has 5 rings (SSSR count). The Morgan fingerprint density at radius 3 is 2.25 bits per heavy atom. The predicted octanol–water partition coefficient (Wildman–Crippen LogP) is 6.69. The first-order chi connectivity index (χ1) is 15.5. The van der Waals surface area contributed by atoms with Crippen LogP contribution in [0.3, 0.4) is 0 Å². The zero-order valence-electron chi connectivity index (χ0n) is 18.6. The van der Waals surface area contributed by atoms with E-state index in [0.29, 0.717) is 0 Å². The fourth-order valence-electron chi connectivity index (χ4n) is 4.73. The molecule has 1 heteroatoms. The highest BCUT2D eigenvalue weighted by Gasteiger charge is 2.31. The third-order valence-corrected chi connectivity index (χ3v) is 6.24. The summed E-state index contributed by atoms with van der Waals surface area (Å²) in [5.74, 6) is 1.73. The van der Waals surface area contributed by atoms with Gasteiger partial charge in [0.1, 0.15) is 11.5 Å². The van der Waals surface area contributed by atoms with Gasteiger partial charge in [0.2, 0.25) is 0 Å². The maximum atomic E-state index is 6.54. The van der Waals surface area contributed by atoms with E-state index in [-0.39, 0.29) is 5.92 Å². The minimum atomic E-state index is 0.0129. The lowest BCUT2D eigenvalue weighted by Crippen LogP contribution is -2.20. The average Bonchev–Trinajstić information content (AvgIpc) is 2.79. The predicted molar refractivity (Wildman–Crippen MR) is 135 cm³/mol. The summed E-state index contributed by atoms with van der Waals surface area (Å²) in [5.41, 5.74) is 6.10. The molecule has 4 aromatic carbocycles. The van der Waals surface area contributed by atoms with Crippen molar-refractivity contribution >= 4 is 23.9 Å². The minimum absolute atomic E-state index is 0.0129. The molecule has 1 atom stereocenters. The van der Waals surface area contributed by atoms with Gasteiger partial charge in [-0.3, -0.25) is 0 Å². The third kappa shape index (κ3) is 3.46. The summed E-state index contributed by atoms with van der Waals surface area (Å²) in [6.07, 6.45) is 0. The Morgan fingerprint density at radius 2 is 1.41 bits per heavy atom. The van der Waals surface area contributed by atoms with E-state index in [4.69, 9.17) is 4.74 Å². The van der Waals surface area contributed by atoms with Crippen LogP contribution in [0.4, 0.5) is 0 Å². The molecule has 1 nitrogen and oxygen atoms in total. The van der Waals surface area contributed by atoms with Crippen molar-refractivity contribution < 1.29 is 4.74 Å². The Hall–Kier alpha value is -3.84. The molecule has 0 bridgehead atoms. The third-order valence-electron chi connectivity index (χ3n) is 6.24. The van der Waals surface area contributed by atoms with Gasteiger partial charge in [0.15, 0.2) is 0 Å². The normalized spacial score (nSPS) is 14.1. The first-order valence-electron chi connectivity index (χ1n) is 10.9. The van der Waals surface area contributed by atoms with Gasteiger partial charge in [0, 0.05) is 17.0 Å². The maximum Gasteiger partial charge on any atom is 0.132 e. The summed E-state index contributed by atoms with van der Waals surface area (Å²) in [7, 11) is 0. The van der Waals surface area contributed by atoms with E-state index in [9.17, 15) is 0 Å². The van der Waals surface area contributed by atoms with Crippen LogP contribution in [0.5, 0.6) is 11.5 Å². The van der Waals surface area contributed by atoms with Crippen LogP contribution < -0.4 is 15.2 Å². The topological polar surface area (TPSA) is 9.23 Å². The number of ether oxygens (including phenoxy) is 1. The highest BCUT2D eigenvalue weighted by atomic mass is 16.5. The molecule has 0 aromatic heterocycles. The quantitative estimate of drug-likeness (QED) is 0.297. The van der Waals surface area contributed by atoms with Gasteiger partial charge in [0.25, 0.3) is 0 Å². The molecule has 0 radical (unpaired) electrons. The van der Waals surface area contributed by atoms with E-state index >= 15 is 0 Å². The molecule has 0 spiro atoms. The van der Waals surface area contributed by atoms with Gasteiger partial charge in [-0.25, -0.2) is 0 Å². The van der Waals surface area contributed by atoms with Gasteiger partial charge in [-0.05, 0) is 58.3 Å². The largest absolute Gasteiger partial charge is 0.457 e. The Kier molecular flexibility index (Phi) is 5.03. The number of hydrogen-bond donors (Lipinski definition) is 0. The lowest BCUT2D eigenvalue weighted by atomic mass is 9.78. The molecule has 0 saturated heterocycles. The lowest BCUT2D eigenvalue weighted by Gasteiger charge is -2.31.